The zero-order chi connectivity index (χ0) is 18.1. The summed E-state index contributed by atoms with van der Waals surface area (Å²) in [6, 6.07) is 5.18. The summed E-state index contributed by atoms with van der Waals surface area (Å²) in [6.45, 7) is 2.59. The molecule has 1 aromatic rings. The predicted octanol–water partition coefficient (Wildman–Crippen LogP) is 4.79. The molecule has 1 aliphatic rings. The van der Waals surface area contributed by atoms with Crippen LogP contribution < -0.4 is 20.1 Å². The number of methoxy groups -OCH3 is 1. The van der Waals surface area contributed by atoms with E-state index in [1.807, 2.05) is 6.92 Å². The van der Waals surface area contributed by atoms with Crippen molar-refractivity contribution in [2.24, 2.45) is 5.92 Å². The van der Waals surface area contributed by atoms with Gasteiger partial charge in [0, 0.05) is 23.7 Å². The summed E-state index contributed by atoms with van der Waals surface area (Å²) in [5.74, 6) is 2.73. The van der Waals surface area contributed by atoms with Gasteiger partial charge in [-0.05, 0) is 44.2 Å². The molecule has 0 saturated heterocycles. The third-order valence-electron chi connectivity index (χ3n) is 4.58. The highest BCUT2D eigenvalue weighted by molar-refractivity contribution is 6.17. The summed E-state index contributed by atoms with van der Waals surface area (Å²) >= 11 is 5.68. The Morgan fingerprint density at radius 2 is 2.16 bits per heavy atom. The van der Waals surface area contributed by atoms with E-state index in [-0.39, 0.29) is 12.1 Å². The van der Waals surface area contributed by atoms with Gasteiger partial charge in [-0.25, -0.2) is 4.79 Å². The van der Waals surface area contributed by atoms with Crippen molar-refractivity contribution in [2.75, 3.05) is 24.9 Å². The second-order valence-corrected chi connectivity index (χ2v) is 7.01. The van der Waals surface area contributed by atoms with Crippen LogP contribution in [0.15, 0.2) is 18.2 Å². The molecule has 2 amide bonds. The van der Waals surface area contributed by atoms with E-state index in [1.54, 1.807) is 25.3 Å². The fourth-order valence-electron chi connectivity index (χ4n) is 2.83. The summed E-state index contributed by atoms with van der Waals surface area (Å²) in [5, 5.41) is 5.67. The van der Waals surface area contributed by atoms with Gasteiger partial charge in [-0.3, -0.25) is 0 Å². The van der Waals surface area contributed by atoms with E-state index < -0.39 is 0 Å². The fraction of sp³-hybridized carbons (Fsp3) is 0.632. The quantitative estimate of drug-likeness (QED) is 0.461. The van der Waals surface area contributed by atoms with Crippen LogP contribution in [0, 0.1) is 5.92 Å². The molecule has 1 fully saturated rings. The maximum atomic E-state index is 12.0. The van der Waals surface area contributed by atoms with E-state index in [0.29, 0.717) is 29.7 Å². The van der Waals surface area contributed by atoms with Gasteiger partial charge in [0.25, 0.3) is 0 Å². The van der Waals surface area contributed by atoms with Crippen LogP contribution in [0.5, 0.6) is 11.5 Å². The standard InChI is InChI=1S/C19H29ClN2O3/c1-14(10-11-20)21-19(23)22-16-8-9-17(24-2)18(13-16)25-12-4-7-15-5-3-6-15/h8-9,13-15H,3-7,10-12H2,1-2H3,(H2,21,22,23)/t14-/m0/s1. The Morgan fingerprint density at radius 1 is 1.36 bits per heavy atom. The molecule has 0 bridgehead atoms. The van der Waals surface area contributed by atoms with Crippen LogP contribution in [0.3, 0.4) is 0 Å². The molecule has 0 spiro atoms. The fourth-order valence-corrected chi connectivity index (χ4v) is 3.16. The molecule has 0 radical (unpaired) electrons. The number of hydrogen-bond donors (Lipinski definition) is 2. The molecule has 0 unspecified atom stereocenters. The Kier molecular flexibility index (Phi) is 8.19. The Bertz CT molecular complexity index is 549. The lowest BCUT2D eigenvalue weighted by atomic mass is 9.82. The van der Waals surface area contributed by atoms with Crippen LogP contribution in [0.25, 0.3) is 0 Å². The second kappa shape index (κ2) is 10.4. The minimum absolute atomic E-state index is 0.0259. The number of anilines is 1. The Labute approximate surface area is 155 Å². The van der Waals surface area contributed by atoms with Crippen LogP contribution in [0.2, 0.25) is 0 Å². The van der Waals surface area contributed by atoms with Gasteiger partial charge in [0.05, 0.1) is 13.7 Å². The normalized spacial score (nSPS) is 15.2. The number of carbonyl (C=O) groups excluding carboxylic acids is 1. The topological polar surface area (TPSA) is 59.6 Å². The molecule has 1 aromatic carbocycles. The van der Waals surface area contributed by atoms with Gasteiger partial charge < -0.3 is 20.1 Å². The van der Waals surface area contributed by atoms with Crippen LogP contribution in [0.4, 0.5) is 10.5 Å². The van der Waals surface area contributed by atoms with Crippen LogP contribution >= 0.6 is 11.6 Å². The molecule has 2 N–H and O–H groups in total. The van der Waals surface area contributed by atoms with E-state index >= 15 is 0 Å². The average Bonchev–Trinajstić information content (AvgIpc) is 2.53. The number of rotatable bonds is 10. The average molecular weight is 369 g/mol. The largest absolute Gasteiger partial charge is 0.493 e. The molecule has 5 nitrogen and oxygen atoms in total. The molecule has 2 rings (SSSR count). The van der Waals surface area contributed by atoms with Crippen molar-refractivity contribution < 1.29 is 14.3 Å². The van der Waals surface area contributed by atoms with E-state index in [4.69, 9.17) is 21.1 Å². The first-order valence-electron chi connectivity index (χ1n) is 9.06. The Morgan fingerprint density at radius 3 is 2.80 bits per heavy atom. The Balaban J connectivity index is 1.85. The first-order valence-corrected chi connectivity index (χ1v) is 9.60. The van der Waals surface area contributed by atoms with Crippen LogP contribution in [-0.2, 0) is 0 Å². The van der Waals surface area contributed by atoms with Crippen molar-refractivity contribution >= 4 is 23.3 Å². The summed E-state index contributed by atoms with van der Waals surface area (Å²) in [4.78, 5) is 12.0. The maximum absolute atomic E-state index is 12.0. The van der Waals surface area contributed by atoms with Crippen LogP contribution in [0.1, 0.15) is 45.4 Å². The summed E-state index contributed by atoms with van der Waals surface area (Å²) in [7, 11) is 1.62. The minimum atomic E-state index is -0.251. The summed E-state index contributed by atoms with van der Waals surface area (Å²) in [6.07, 6.45) is 7.09. The SMILES string of the molecule is COc1ccc(NC(=O)N[C@@H](C)CCCl)cc1OCCCC1CCC1. The smallest absolute Gasteiger partial charge is 0.319 e. The monoisotopic (exact) mass is 368 g/mol. The van der Waals surface area contributed by atoms with Crippen molar-refractivity contribution in [3.63, 3.8) is 0 Å². The van der Waals surface area contributed by atoms with E-state index in [0.717, 1.165) is 18.8 Å². The lowest BCUT2D eigenvalue weighted by Crippen LogP contribution is -2.36. The molecule has 140 valence electrons. The van der Waals surface area contributed by atoms with Gasteiger partial charge in [-0.1, -0.05) is 19.3 Å². The van der Waals surface area contributed by atoms with E-state index in [2.05, 4.69) is 10.6 Å². The number of benzene rings is 1. The highest BCUT2D eigenvalue weighted by atomic mass is 35.5. The maximum Gasteiger partial charge on any atom is 0.319 e. The lowest BCUT2D eigenvalue weighted by molar-refractivity contribution is 0.241. The summed E-state index contributed by atoms with van der Waals surface area (Å²) in [5.41, 5.74) is 0.672. The van der Waals surface area contributed by atoms with Crippen molar-refractivity contribution in [2.45, 2.75) is 51.5 Å². The van der Waals surface area contributed by atoms with Crippen molar-refractivity contribution in [3.8, 4) is 11.5 Å². The number of nitrogens with one attached hydrogen (secondary N) is 2. The van der Waals surface area contributed by atoms with Crippen LogP contribution in [-0.4, -0.2) is 31.7 Å². The van der Waals surface area contributed by atoms with E-state index in [1.165, 1.54) is 25.7 Å². The first kappa shape index (κ1) is 19.7. The third-order valence-corrected chi connectivity index (χ3v) is 4.80. The summed E-state index contributed by atoms with van der Waals surface area (Å²) < 4.78 is 11.2. The zero-order valence-corrected chi connectivity index (χ0v) is 15.9. The number of amides is 2. The molecule has 0 aliphatic heterocycles. The van der Waals surface area contributed by atoms with E-state index in [9.17, 15) is 4.79 Å². The first-order chi connectivity index (χ1) is 12.1. The van der Waals surface area contributed by atoms with Gasteiger partial charge in [0.15, 0.2) is 11.5 Å². The number of carbonyl (C=O) groups is 1. The van der Waals surface area contributed by atoms with Gasteiger partial charge >= 0.3 is 6.03 Å². The number of alkyl halides is 1. The molecular formula is C19H29ClN2O3. The molecule has 0 aromatic heterocycles. The van der Waals surface area contributed by atoms with Gasteiger partial charge in [-0.15, -0.1) is 11.6 Å². The second-order valence-electron chi connectivity index (χ2n) is 6.63. The third kappa shape index (κ3) is 6.65. The number of ether oxygens (including phenoxy) is 2. The van der Waals surface area contributed by atoms with Gasteiger partial charge in [0.2, 0.25) is 0 Å². The highest BCUT2D eigenvalue weighted by Gasteiger charge is 2.16. The molecule has 25 heavy (non-hydrogen) atoms. The van der Waals surface area contributed by atoms with Crippen molar-refractivity contribution in [1.82, 2.24) is 5.32 Å². The predicted molar refractivity (Wildman–Crippen MR) is 102 cm³/mol. The molecular weight excluding hydrogens is 340 g/mol. The molecule has 1 saturated carbocycles. The van der Waals surface area contributed by atoms with Crippen molar-refractivity contribution in [1.29, 1.82) is 0 Å². The lowest BCUT2D eigenvalue weighted by Gasteiger charge is -2.25. The minimum Gasteiger partial charge on any atom is -0.493 e. The highest BCUT2D eigenvalue weighted by Crippen LogP contribution is 2.32. The Hall–Kier alpha value is -1.62. The molecule has 6 heteroatoms. The van der Waals surface area contributed by atoms with Gasteiger partial charge in [-0.2, -0.15) is 0 Å². The molecule has 0 heterocycles. The number of urea groups is 1. The number of halogens is 1. The molecule has 1 atom stereocenters. The van der Waals surface area contributed by atoms with Crippen molar-refractivity contribution in [3.05, 3.63) is 18.2 Å². The molecule has 1 aliphatic carbocycles. The van der Waals surface area contributed by atoms with Gasteiger partial charge in [0.1, 0.15) is 0 Å². The zero-order valence-electron chi connectivity index (χ0n) is 15.1. The number of hydrogen-bond acceptors (Lipinski definition) is 3.